The number of carbonyl (C=O) groups is 3. The molecule has 170 valence electrons. The minimum absolute atomic E-state index is 0.198. The smallest absolute Gasteiger partial charge is 0.356 e. The Morgan fingerprint density at radius 2 is 1.76 bits per heavy atom. The lowest BCUT2D eigenvalue weighted by atomic mass is 10.0. The molecule has 33 heavy (non-hydrogen) atoms. The van der Waals surface area contributed by atoms with Gasteiger partial charge in [-0.25, -0.2) is 4.79 Å². The highest BCUT2D eigenvalue weighted by atomic mass is 35.5. The van der Waals surface area contributed by atoms with Crippen LogP contribution >= 0.6 is 23.4 Å². The molecule has 0 aliphatic carbocycles. The van der Waals surface area contributed by atoms with Crippen molar-refractivity contribution in [1.29, 1.82) is 0 Å². The van der Waals surface area contributed by atoms with E-state index in [-0.39, 0.29) is 28.8 Å². The number of hydrogen-bond donors (Lipinski definition) is 1. The minimum Gasteiger partial charge on any atom is -0.448 e. The molecule has 0 unspecified atom stereocenters. The highest BCUT2D eigenvalue weighted by Gasteiger charge is 2.54. The van der Waals surface area contributed by atoms with Crippen molar-refractivity contribution < 1.29 is 19.1 Å². The van der Waals surface area contributed by atoms with Crippen LogP contribution in [0.1, 0.15) is 24.2 Å². The van der Waals surface area contributed by atoms with Gasteiger partial charge in [-0.2, -0.15) is 0 Å². The van der Waals surface area contributed by atoms with Gasteiger partial charge in [0.25, 0.3) is 5.91 Å². The third-order valence-electron chi connectivity index (χ3n) is 5.39. The predicted molar refractivity (Wildman–Crippen MR) is 128 cm³/mol. The Kier molecular flexibility index (Phi) is 7.20. The molecule has 2 atom stereocenters. The molecule has 1 saturated heterocycles. The number of ether oxygens (including phenoxy) is 1. The molecule has 0 bridgehead atoms. The van der Waals surface area contributed by atoms with Crippen LogP contribution in [-0.2, 0) is 19.1 Å². The second-order valence-electron chi connectivity index (χ2n) is 7.63. The van der Waals surface area contributed by atoms with E-state index >= 15 is 0 Å². The standard InChI is InChI=1S/C25H23ClN2O4S/c1-16(29)27-20-23(30)28-21(19(13-8-14-26)15-33-24(20)28)25(31)32-22(17-9-4-2-5-10-17)18-11-6-3-7-12-18/h2-13,20,22,24H,14-15H2,1H3,(H,27,29)/t20-,24+/m1/s1. The molecular weight excluding hydrogens is 460 g/mol. The van der Waals surface area contributed by atoms with Crippen molar-refractivity contribution in [2.75, 3.05) is 11.6 Å². The molecule has 0 aromatic heterocycles. The van der Waals surface area contributed by atoms with Gasteiger partial charge in [-0.05, 0) is 16.7 Å². The van der Waals surface area contributed by atoms with Crippen LogP contribution in [0.5, 0.6) is 0 Å². The molecule has 0 spiro atoms. The Morgan fingerprint density at radius 1 is 1.15 bits per heavy atom. The Labute approximate surface area is 201 Å². The van der Waals surface area contributed by atoms with E-state index in [0.29, 0.717) is 11.3 Å². The summed E-state index contributed by atoms with van der Waals surface area (Å²) in [6.07, 6.45) is 2.85. The molecule has 2 aliphatic heterocycles. The summed E-state index contributed by atoms with van der Waals surface area (Å²) in [5, 5.41) is 2.32. The van der Waals surface area contributed by atoms with Gasteiger partial charge < -0.3 is 10.1 Å². The topological polar surface area (TPSA) is 75.7 Å². The number of benzene rings is 2. The predicted octanol–water partition coefficient (Wildman–Crippen LogP) is 3.79. The molecule has 2 aromatic carbocycles. The van der Waals surface area contributed by atoms with Crippen LogP contribution in [-0.4, -0.2) is 45.7 Å². The first-order valence-corrected chi connectivity index (χ1v) is 12.1. The molecule has 0 saturated carbocycles. The molecule has 6 nitrogen and oxygen atoms in total. The zero-order chi connectivity index (χ0) is 23.4. The van der Waals surface area contributed by atoms with E-state index in [4.69, 9.17) is 16.3 Å². The first kappa shape index (κ1) is 23.1. The van der Waals surface area contributed by atoms with E-state index < -0.39 is 18.1 Å². The normalized spacial score (nSPS) is 20.0. The number of nitrogens with one attached hydrogen (secondary N) is 1. The van der Waals surface area contributed by atoms with Crippen molar-refractivity contribution >= 4 is 41.1 Å². The highest BCUT2D eigenvalue weighted by Crippen LogP contribution is 2.42. The van der Waals surface area contributed by atoms with Crippen LogP contribution in [0.25, 0.3) is 0 Å². The largest absolute Gasteiger partial charge is 0.448 e. The number of rotatable bonds is 7. The molecule has 2 aromatic rings. The van der Waals surface area contributed by atoms with Gasteiger partial charge in [0, 0.05) is 18.6 Å². The number of thioether (sulfide) groups is 1. The number of allylic oxidation sites excluding steroid dienone is 2. The van der Waals surface area contributed by atoms with Gasteiger partial charge in [0.15, 0.2) is 6.10 Å². The van der Waals surface area contributed by atoms with Crippen molar-refractivity contribution in [3.8, 4) is 0 Å². The monoisotopic (exact) mass is 482 g/mol. The number of fused-ring (bicyclic) bond motifs is 1. The van der Waals surface area contributed by atoms with Crippen LogP contribution in [0, 0.1) is 0 Å². The van der Waals surface area contributed by atoms with E-state index in [2.05, 4.69) is 5.32 Å². The molecule has 2 heterocycles. The van der Waals surface area contributed by atoms with Gasteiger partial charge in [0.1, 0.15) is 17.1 Å². The summed E-state index contributed by atoms with van der Waals surface area (Å²) in [4.78, 5) is 39.4. The van der Waals surface area contributed by atoms with Crippen molar-refractivity contribution in [3.63, 3.8) is 0 Å². The van der Waals surface area contributed by atoms with Gasteiger partial charge in [-0.1, -0.05) is 72.8 Å². The molecule has 4 rings (SSSR count). The van der Waals surface area contributed by atoms with Crippen LogP contribution in [0.4, 0.5) is 0 Å². The minimum atomic E-state index is -0.659. The summed E-state index contributed by atoms with van der Waals surface area (Å²) in [6.45, 7) is 1.37. The maximum Gasteiger partial charge on any atom is 0.356 e. The van der Waals surface area contributed by atoms with E-state index in [1.807, 2.05) is 60.7 Å². The average Bonchev–Trinajstić information content (AvgIpc) is 2.84. The van der Waals surface area contributed by atoms with Gasteiger partial charge in [0.05, 0.1) is 0 Å². The second kappa shape index (κ2) is 10.3. The molecule has 2 amide bonds. The first-order valence-electron chi connectivity index (χ1n) is 10.5. The quantitative estimate of drug-likeness (QED) is 0.369. The maximum absolute atomic E-state index is 13.6. The molecule has 1 N–H and O–H groups in total. The van der Waals surface area contributed by atoms with Crippen LogP contribution in [0.2, 0.25) is 0 Å². The molecule has 0 radical (unpaired) electrons. The highest BCUT2D eigenvalue weighted by molar-refractivity contribution is 8.00. The van der Waals surface area contributed by atoms with Crippen molar-refractivity contribution in [3.05, 3.63) is 95.2 Å². The number of amides is 2. The number of esters is 1. The maximum atomic E-state index is 13.6. The lowest BCUT2D eigenvalue weighted by molar-refractivity contribution is -0.154. The van der Waals surface area contributed by atoms with E-state index in [1.165, 1.54) is 23.6 Å². The molecule has 1 fully saturated rings. The molecule has 2 aliphatic rings. The summed E-state index contributed by atoms with van der Waals surface area (Å²) in [5.74, 6) is -0.449. The van der Waals surface area contributed by atoms with Crippen LogP contribution in [0.15, 0.2) is 84.1 Å². The number of nitrogens with zero attached hydrogens (tertiary/aromatic N) is 1. The van der Waals surface area contributed by atoms with E-state index in [0.717, 1.165) is 11.1 Å². The number of halogens is 1. The SMILES string of the molecule is CC(=O)N[C@@H]1C(=O)N2C(C(=O)OC(c3ccccc3)c3ccccc3)=C(C=CCCl)CS[C@@H]12. The van der Waals surface area contributed by atoms with Crippen molar-refractivity contribution in [1.82, 2.24) is 10.2 Å². The Hall–Kier alpha value is -3.03. The lowest BCUT2D eigenvalue weighted by Crippen LogP contribution is -2.70. The Bertz CT molecular complexity index is 1060. The Balaban J connectivity index is 1.68. The fourth-order valence-electron chi connectivity index (χ4n) is 3.91. The first-order chi connectivity index (χ1) is 16.0. The molecular formula is C25H23ClN2O4S. The fourth-order valence-corrected chi connectivity index (χ4v) is 5.32. The third kappa shape index (κ3) is 4.84. The summed E-state index contributed by atoms with van der Waals surface area (Å²) in [5.41, 5.74) is 2.51. The molecule has 8 heteroatoms. The lowest BCUT2D eigenvalue weighted by Gasteiger charge is -2.49. The number of carbonyl (C=O) groups excluding carboxylic acids is 3. The summed E-state index contributed by atoms with van der Waals surface area (Å²) in [6, 6.07) is 18.3. The van der Waals surface area contributed by atoms with Crippen molar-refractivity contribution in [2.24, 2.45) is 0 Å². The third-order valence-corrected chi connectivity index (χ3v) is 6.87. The number of β-lactam (4-membered cyclic amide) rings is 1. The Morgan fingerprint density at radius 3 is 2.30 bits per heavy atom. The van der Waals surface area contributed by atoms with Crippen LogP contribution < -0.4 is 5.32 Å². The van der Waals surface area contributed by atoms with Crippen molar-refractivity contribution in [2.45, 2.75) is 24.4 Å². The van der Waals surface area contributed by atoms with Gasteiger partial charge in [-0.15, -0.1) is 23.4 Å². The number of alkyl halides is 1. The van der Waals surface area contributed by atoms with Gasteiger partial charge in [-0.3, -0.25) is 14.5 Å². The second-order valence-corrected chi connectivity index (χ2v) is 9.04. The van der Waals surface area contributed by atoms with E-state index in [9.17, 15) is 14.4 Å². The zero-order valence-corrected chi connectivity index (χ0v) is 19.5. The summed E-state index contributed by atoms with van der Waals surface area (Å²) < 4.78 is 6.04. The average molecular weight is 483 g/mol. The van der Waals surface area contributed by atoms with E-state index in [1.54, 1.807) is 12.2 Å². The fraction of sp³-hybridized carbons (Fsp3) is 0.240. The summed E-state index contributed by atoms with van der Waals surface area (Å²) >= 11 is 7.31. The summed E-state index contributed by atoms with van der Waals surface area (Å²) in [7, 11) is 0. The zero-order valence-electron chi connectivity index (χ0n) is 17.9. The van der Waals surface area contributed by atoms with Crippen LogP contribution in [0.3, 0.4) is 0 Å². The van der Waals surface area contributed by atoms with Gasteiger partial charge >= 0.3 is 5.97 Å². The van der Waals surface area contributed by atoms with Gasteiger partial charge in [0.2, 0.25) is 5.91 Å². The number of hydrogen-bond acceptors (Lipinski definition) is 5.